The van der Waals surface area contributed by atoms with Crippen molar-refractivity contribution < 1.29 is 4.42 Å². The topological polar surface area (TPSA) is 44.1 Å². The summed E-state index contributed by atoms with van der Waals surface area (Å²) in [6, 6.07) is 1.97. The SMILES string of the molecule is CCn1ccc2c(N)coc21. The van der Waals surface area contributed by atoms with Crippen LogP contribution in [0.2, 0.25) is 0 Å². The quantitative estimate of drug-likeness (QED) is 0.674. The van der Waals surface area contributed by atoms with Gasteiger partial charge in [0.15, 0.2) is 0 Å². The molecule has 2 heterocycles. The van der Waals surface area contributed by atoms with Crippen LogP contribution >= 0.6 is 0 Å². The number of anilines is 1. The Morgan fingerprint density at radius 2 is 2.45 bits per heavy atom. The van der Waals surface area contributed by atoms with E-state index in [1.165, 1.54) is 0 Å². The second-order valence-corrected chi connectivity index (χ2v) is 2.51. The number of aryl methyl sites for hydroxylation is 1. The van der Waals surface area contributed by atoms with Crippen LogP contribution in [0.1, 0.15) is 6.92 Å². The van der Waals surface area contributed by atoms with Gasteiger partial charge in [-0.05, 0) is 13.0 Å². The van der Waals surface area contributed by atoms with Crippen molar-refractivity contribution in [2.24, 2.45) is 0 Å². The lowest BCUT2D eigenvalue weighted by Crippen LogP contribution is -1.88. The van der Waals surface area contributed by atoms with E-state index >= 15 is 0 Å². The molecule has 0 bridgehead atoms. The Hall–Kier alpha value is -1.38. The molecular weight excluding hydrogens is 140 g/mol. The predicted octanol–water partition coefficient (Wildman–Crippen LogP) is 1.84. The molecule has 0 unspecified atom stereocenters. The van der Waals surface area contributed by atoms with Gasteiger partial charge in [0.1, 0.15) is 6.26 Å². The van der Waals surface area contributed by atoms with Crippen LogP contribution in [-0.2, 0) is 6.54 Å². The minimum Gasteiger partial charge on any atom is -0.446 e. The normalized spacial score (nSPS) is 11.0. The molecule has 2 rings (SSSR count). The second-order valence-electron chi connectivity index (χ2n) is 2.51. The highest BCUT2D eigenvalue weighted by atomic mass is 16.3. The lowest BCUT2D eigenvalue weighted by atomic mass is 10.4. The third-order valence-electron chi connectivity index (χ3n) is 1.86. The fourth-order valence-electron chi connectivity index (χ4n) is 1.24. The first-order valence-electron chi connectivity index (χ1n) is 3.64. The summed E-state index contributed by atoms with van der Waals surface area (Å²) >= 11 is 0. The van der Waals surface area contributed by atoms with Crippen molar-refractivity contribution in [3.63, 3.8) is 0 Å². The molecule has 0 aliphatic heterocycles. The number of hydrogen-bond acceptors (Lipinski definition) is 2. The molecule has 58 valence electrons. The zero-order valence-corrected chi connectivity index (χ0v) is 6.37. The highest BCUT2D eigenvalue weighted by Gasteiger charge is 2.05. The minimum absolute atomic E-state index is 0.715. The van der Waals surface area contributed by atoms with Gasteiger partial charge >= 0.3 is 0 Å². The van der Waals surface area contributed by atoms with E-state index in [1.54, 1.807) is 6.26 Å². The number of furan rings is 1. The fraction of sp³-hybridized carbons (Fsp3) is 0.250. The first-order valence-corrected chi connectivity index (χ1v) is 3.64. The van der Waals surface area contributed by atoms with Crippen molar-refractivity contribution in [3.05, 3.63) is 18.5 Å². The van der Waals surface area contributed by atoms with Crippen molar-refractivity contribution in [3.8, 4) is 0 Å². The van der Waals surface area contributed by atoms with E-state index in [1.807, 2.05) is 16.8 Å². The van der Waals surface area contributed by atoms with Crippen LogP contribution in [0.4, 0.5) is 5.69 Å². The molecule has 0 fully saturated rings. The van der Waals surface area contributed by atoms with E-state index in [0.29, 0.717) is 5.69 Å². The van der Waals surface area contributed by atoms with Gasteiger partial charge in [0.05, 0.1) is 11.1 Å². The number of nitrogens with two attached hydrogens (primary N) is 1. The molecule has 0 saturated carbocycles. The summed E-state index contributed by atoms with van der Waals surface area (Å²) in [5, 5.41) is 1.01. The maximum absolute atomic E-state index is 5.64. The van der Waals surface area contributed by atoms with Crippen molar-refractivity contribution in [2.45, 2.75) is 13.5 Å². The number of nitrogens with zero attached hydrogens (tertiary/aromatic N) is 1. The lowest BCUT2D eigenvalue weighted by Gasteiger charge is -1.93. The fourth-order valence-corrected chi connectivity index (χ4v) is 1.24. The molecule has 0 aliphatic rings. The van der Waals surface area contributed by atoms with Gasteiger partial charge in [-0.1, -0.05) is 0 Å². The monoisotopic (exact) mass is 150 g/mol. The van der Waals surface area contributed by atoms with Crippen LogP contribution < -0.4 is 5.73 Å². The van der Waals surface area contributed by atoms with Gasteiger partial charge < -0.3 is 14.7 Å². The maximum atomic E-state index is 5.64. The van der Waals surface area contributed by atoms with Gasteiger partial charge in [-0.15, -0.1) is 0 Å². The molecule has 0 spiro atoms. The summed E-state index contributed by atoms with van der Waals surface area (Å²) in [4.78, 5) is 0. The standard InChI is InChI=1S/C8H10N2O/c1-2-10-4-3-6-7(9)5-11-8(6)10/h3-5H,2,9H2,1H3. The van der Waals surface area contributed by atoms with Crippen molar-refractivity contribution in [1.29, 1.82) is 0 Å². The van der Waals surface area contributed by atoms with Gasteiger partial charge in [0.2, 0.25) is 5.71 Å². The number of hydrogen-bond donors (Lipinski definition) is 1. The Labute approximate surface area is 64.4 Å². The molecule has 0 amide bonds. The summed E-state index contributed by atoms with van der Waals surface area (Å²) in [6.07, 6.45) is 3.56. The van der Waals surface area contributed by atoms with Gasteiger partial charge in [0.25, 0.3) is 0 Å². The zero-order valence-electron chi connectivity index (χ0n) is 6.37. The number of rotatable bonds is 1. The summed E-state index contributed by atoms with van der Waals surface area (Å²) in [7, 11) is 0. The van der Waals surface area contributed by atoms with Gasteiger partial charge in [-0.25, -0.2) is 0 Å². The van der Waals surface area contributed by atoms with Crippen molar-refractivity contribution in [2.75, 3.05) is 5.73 Å². The Morgan fingerprint density at radius 3 is 3.18 bits per heavy atom. The van der Waals surface area contributed by atoms with Crippen LogP contribution in [0.5, 0.6) is 0 Å². The molecule has 0 aliphatic carbocycles. The predicted molar refractivity (Wildman–Crippen MR) is 44.3 cm³/mol. The van der Waals surface area contributed by atoms with Crippen LogP contribution in [0.3, 0.4) is 0 Å². The summed E-state index contributed by atoms with van der Waals surface area (Å²) in [5.74, 6) is 0. The first-order chi connectivity index (χ1) is 5.33. The first kappa shape index (κ1) is 6.34. The van der Waals surface area contributed by atoms with E-state index < -0.39 is 0 Å². The number of aromatic nitrogens is 1. The van der Waals surface area contributed by atoms with E-state index in [-0.39, 0.29) is 0 Å². The van der Waals surface area contributed by atoms with Gasteiger partial charge in [0, 0.05) is 12.7 Å². The average Bonchev–Trinajstić information content (AvgIpc) is 2.53. The van der Waals surface area contributed by atoms with Crippen molar-refractivity contribution >= 4 is 16.8 Å². The smallest absolute Gasteiger partial charge is 0.208 e. The molecule has 0 radical (unpaired) electrons. The molecular formula is C8H10N2O. The largest absolute Gasteiger partial charge is 0.446 e. The number of nitrogen functional groups attached to an aromatic ring is 1. The Morgan fingerprint density at radius 1 is 1.64 bits per heavy atom. The minimum atomic E-state index is 0.715. The Bertz CT molecular complexity index is 372. The summed E-state index contributed by atoms with van der Waals surface area (Å²) in [6.45, 7) is 2.98. The van der Waals surface area contributed by atoms with E-state index in [4.69, 9.17) is 10.2 Å². The zero-order chi connectivity index (χ0) is 7.84. The van der Waals surface area contributed by atoms with Gasteiger partial charge in [-0.2, -0.15) is 0 Å². The molecule has 2 N–H and O–H groups in total. The van der Waals surface area contributed by atoms with Crippen LogP contribution in [0.25, 0.3) is 11.1 Å². The van der Waals surface area contributed by atoms with Crippen LogP contribution in [0.15, 0.2) is 22.9 Å². The third-order valence-corrected chi connectivity index (χ3v) is 1.86. The second kappa shape index (κ2) is 2.05. The molecule has 2 aromatic rings. The number of fused-ring (bicyclic) bond motifs is 1. The summed E-state index contributed by atoms with van der Waals surface area (Å²) < 4.78 is 7.27. The molecule has 3 heteroatoms. The maximum Gasteiger partial charge on any atom is 0.208 e. The van der Waals surface area contributed by atoms with E-state index in [2.05, 4.69) is 6.92 Å². The van der Waals surface area contributed by atoms with Crippen LogP contribution in [-0.4, -0.2) is 4.57 Å². The highest BCUT2D eigenvalue weighted by Crippen LogP contribution is 2.23. The van der Waals surface area contributed by atoms with E-state index in [0.717, 1.165) is 17.6 Å². The highest BCUT2D eigenvalue weighted by molar-refractivity contribution is 5.87. The lowest BCUT2D eigenvalue weighted by molar-refractivity contribution is 0.572. The molecule has 0 atom stereocenters. The molecule has 2 aromatic heterocycles. The Balaban J connectivity index is 2.77. The van der Waals surface area contributed by atoms with E-state index in [9.17, 15) is 0 Å². The average molecular weight is 150 g/mol. The molecule has 0 saturated heterocycles. The molecule has 11 heavy (non-hydrogen) atoms. The molecule has 3 nitrogen and oxygen atoms in total. The Kier molecular flexibility index (Phi) is 1.18. The third kappa shape index (κ3) is 0.738. The van der Waals surface area contributed by atoms with Gasteiger partial charge in [-0.3, -0.25) is 0 Å². The summed E-state index contributed by atoms with van der Waals surface area (Å²) in [5.41, 5.74) is 7.22. The van der Waals surface area contributed by atoms with Crippen molar-refractivity contribution in [1.82, 2.24) is 4.57 Å². The molecule has 0 aromatic carbocycles. The van der Waals surface area contributed by atoms with Crippen LogP contribution in [0, 0.1) is 0 Å².